The van der Waals surface area contributed by atoms with E-state index < -0.39 is 6.04 Å². The number of carbonyl (C=O) groups excluding carboxylic acids is 2. The first-order chi connectivity index (χ1) is 12.0. The van der Waals surface area contributed by atoms with E-state index in [1.54, 1.807) is 4.90 Å². The molecule has 0 aromatic heterocycles. The predicted molar refractivity (Wildman–Crippen MR) is 92.4 cm³/mol. The Balaban J connectivity index is 1.88. The molecule has 1 aromatic rings. The third-order valence-electron chi connectivity index (χ3n) is 4.91. The smallest absolute Gasteiger partial charge is 0.329 e. The first kappa shape index (κ1) is 17.9. The van der Waals surface area contributed by atoms with Crippen molar-refractivity contribution in [3.63, 3.8) is 0 Å². The molecule has 0 bridgehead atoms. The van der Waals surface area contributed by atoms with Crippen LogP contribution in [0.5, 0.6) is 0 Å². The Morgan fingerprint density at radius 3 is 2.60 bits per heavy atom. The van der Waals surface area contributed by atoms with E-state index >= 15 is 0 Å². The number of esters is 1. The second-order valence-electron chi connectivity index (χ2n) is 6.66. The van der Waals surface area contributed by atoms with Crippen molar-refractivity contribution in [1.82, 2.24) is 0 Å². The standard InChI is InChI=1S/C19H25NO5/c1-12-6-7-13(2)18(14(12)3)20(15-8-10-24-19(15)22)16(21)11-25-17-5-4-9-23-17/h6-7,15,17H,4-5,8-11H2,1-3H3. The lowest BCUT2D eigenvalue weighted by atomic mass is 10.0. The summed E-state index contributed by atoms with van der Waals surface area (Å²) in [5, 5.41) is 0. The van der Waals surface area contributed by atoms with E-state index in [4.69, 9.17) is 14.2 Å². The first-order valence-corrected chi connectivity index (χ1v) is 8.77. The van der Waals surface area contributed by atoms with E-state index in [2.05, 4.69) is 0 Å². The van der Waals surface area contributed by atoms with Crippen LogP contribution in [0.1, 0.15) is 36.0 Å². The highest BCUT2D eigenvalue weighted by atomic mass is 16.7. The third-order valence-corrected chi connectivity index (χ3v) is 4.91. The minimum absolute atomic E-state index is 0.110. The van der Waals surface area contributed by atoms with Crippen LogP contribution in [-0.2, 0) is 23.8 Å². The normalized spacial score (nSPS) is 22.9. The molecule has 3 rings (SSSR count). The average Bonchev–Trinajstić information content (AvgIpc) is 3.25. The van der Waals surface area contributed by atoms with E-state index in [0.717, 1.165) is 35.2 Å². The highest BCUT2D eigenvalue weighted by Gasteiger charge is 2.38. The molecule has 1 aromatic carbocycles. The summed E-state index contributed by atoms with van der Waals surface area (Å²) in [6, 6.07) is 3.39. The van der Waals surface area contributed by atoms with Gasteiger partial charge in [0.15, 0.2) is 6.29 Å². The lowest BCUT2D eigenvalue weighted by molar-refractivity contribution is -0.145. The number of hydrogen-bond donors (Lipinski definition) is 0. The van der Waals surface area contributed by atoms with Crippen molar-refractivity contribution >= 4 is 17.6 Å². The Kier molecular flexibility index (Phi) is 5.39. The summed E-state index contributed by atoms with van der Waals surface area (Å²) in [7, 11) is 0. The maximum absolute atomic E-state index is 13.0. The van der Waals surface area contributed by atoms with Gasteiger partial charge in [-0.15, -0.1) is 0 Å². The number of amides is 1. The molecule has 6 nitrogen and oxygen atoms in total. The SMILES string of the molecule is Cc1ccc(C)c(N(C(=O)COC2CCCO2)C2CCOC2=O)c1C. The molecular formula is C19H25NO5. The molecule has 2 aliphatic rings. The van der Waals surface area contributed by atoms with Crippen LogP contribution in [0.3, 0.4) is 0 Å². The topological polar surface area (TPSA) is 65.1 Å². The van der Waals surface area contributed by atoms with Gasteiger partial charge in [0.2, 0.25) is 0 Å². The van der Waals surface area contributed by atoms with Gasteiger partial charge < -0.3 is 14.2 Å². The fraction of sp³-hybridized carbons (Fsp3) is 0.579. The number of rotatable bonds is 5. The summed E-state index contributed by atoms with van der Waals surface area (Å²) in [5.41, 5.74) is 3.80. The lowest BCUT2D eigenvalue weighted by Gasteiger charge is -2.30. The highest BCUT2D eigenvalue weighted by molar-refractivity contribution is 6.02. The van der Waals surface area contributed by atoms with E-state index in [1.165, 1.54) is 0 Å². The van der Waals surface area contributed by atoms with Crippen molar-refractivity contribution in [2.45, 2.75) is 52.4 Å². The molecule has 2 atom stereocenters. The van der Waals surface area contributed by atoms with Crippen LogP contribution in [0.15, 0.2) is 12.1 Å². The molecule has 136 valence electrons. The van der Waals surface area contributed by atoms with Crippen LogP contribution in [0.25, 0.3) is 0 Å². The minimum Gasteiger partial charge on any atom is -0.464 e. The van der Waals surface area contributed by atoms with E-state index in [0.29, 0.717) is 19.6 Å². The zero-order valence-corrected chi connectivity index (χ0v) is 15.0. The van der Waals surface area contributed by atoms with Gasteiger partial charge in [-0.1, -0.05) is 12.1 Å². The summed E-state index contributed by atoms with van der Waals surface area (Å²) in [4.78, 5) is 26.7. The molecule has 0 aliphatic carbocycles. The van der Waals surface area contributed by atoms with Crippen molar-refractivity contribution in [3.05, 3.63) is 28.8 Å². The maximum atomic E-state index is 13.0. The summed E-state index contributed by atoms with van der Waals surface area (Å²) in [6.07, 6.45) is 1.90. The van der Waals surface area contributed by atoms with Gasteiger partial charge in [0.05, 0.1) is 12.3 Å². The molecule has 2 heterocycles. The van der Waals surface area contributed by atoms with E-state index in [9.17, 15) is 9.59 Å². The van der Waals surface area contributed by atoms with Gasteiger partial charge in [-0.05, 0) is 43.9 Å². The van der Waals surface area contributed by atoms with Crippen LogP contribution in [-0.4, -0.2) is 44.0 Å². The lowest BCUT2D eigenvalue weighted by Crippen LogP contribution is -2.46. The summed E-state index contributed by atoms with van der Waals surface area (Å²) in [5.74, 6) is -0.595. The zero-order chi connectivity index (χ0) is 18.0. The zero-order valence-electron chi connectivity index (χ0n) is 15.0. The predicted octanol–water partition coefficient (Wildman–Crippen LogP) is 2.41. The number of carbonyl (C=O) groups is 2. The number of cyclic esters (lactones) is 1. The number of ether oxygens (including phenoxy) is 3. The molecule has 2 unspecified atom stereocenters. The van der Waals surface area contributed by atoms with Crippen molar-refractivity contribution in [1.29, 1.82) is 0 Å². The van der Waals surface area contributed by atoms with Crippen LogP contribution in [0, 0.1) is 20.8 Å². The Bertz CT molecular complexity index is 666. The molecule has 0 saturated carbocycles. The van der Waals surface area contributed by atoms with Crippen molar-refractivity contribution < 1.29 is 23.8 Å². The Morgan fingerprint density at radius 2 is 1.96 bits per heavy atom. The number of anilines is 1. The molecule has 25 heavy (non-hydrogen) atoms. The number of hydrogen-bond acceptors (Lipinski definition) is 5. The highest BCUT2D eigenvalue weighted by Crippen LogP contribution is 2.31. The van der Waals surface area contributed by atoms with E-state index in [1.807, 2.05) is 32.9 Å². The molecule has 1 amide bonds. The fourth-order valence-corrected chi connectivity index (χ4v) is 3.39. The Hall–Kier alpha value is -1.92. The number of nitrogens with zero attached hydrogens (tertiary/aromatic N) is 1. The number of aryl methyl sites for hydroxylation is 2. The average molecular weight is 347 g/mol. The van der Waals surface area contributed by atoms with Crippen LogP contribution >= 0.6 is 0 Å². The van der Waals surface area contributed by atoms with Gasteiger partial charge in [-0.25, -0.2) is 4.79 Å². The maximum Gasteiger partial charge on any atom is 0.329 e. The quantitative estimate of drug-likeness (QED) is 0.766. The van der Waals surface area contributed by atoms with Crippen molar-refractivity contribution in [2.75, 3.05) is 24.7 Å². The number of benzene rings is 1. The van der Waals surface area contributed by atoms with Gasteiger partial charge in [-0.3, -0.25) is 9.69 Å². The minimum atomic E-state index is -0.597. The second-order valence-corrected chi connectivity index (χ2v) is 6.66. The molecule has 2 saturated heterocycles. The molecule has 0 N–H and O–H groups in total. The summed E-state index contributed by atoms with van der Waals surface area (Å²) < 4.78 is 16.1. The van der Waals surface area contributed by atoms with Crippen LogP contribution in [0.2, 0.25) is 0 Å². The second kappa shape index (κ2) is 7.54. The van der Waals surface area contributed by atoms with Crippen LogP contribution < -0.4 is 4.90 Å². The molecule has 2 fully saturated rings. The van der Waals surface area contributed by atoms with Gasteiger partial charge in [0.1, 0.15) is 12.6 Å². The van der Waals surface area contributed by atoms with Gasteiger partial charge >= 0.3 is 5.97 Å². The molecule has 2 aliphatic heterocycles. The molecule has 6 heteroatoms. The molecule has 0 spiro atoms. The van der Waals surface area contributed by atoms with Gasteiger partial charge in [0, 0.05) is 19.4 Å². The Morgan fingerprint density at radius 1 is 1.20 bits per heavy atom. The molecule has 0 radical (unpaired) electrons. The fourth-order valence-electron chi connectivity index (χ4n) is 3.39. The molecular weight excluding hydrogens is 322 g/mol. The largest absolute Gasteiger partial charge is 0.464 e. The summed E-state index contributed by atoms with van der Waals surface area (Å²) >= 11 is 0. The third kappa shape index (κ3) is 3.70. The first-order valence-electron chi connectivity index (χ1n) is 8.77. The monoisotopic (exact) mass is 347 g/mol. The summed E-state index contributed by atoms with van der Waals surface area (Å²) in [6.45, 7) is 6.80. The van der Waals surface area contributed by atoms with Crippen molar-refractivity contribution in [2.24, 2.45) is 0 Å². The van der Waals surface area contributed by atoms with Gasteiger partial charge in [0.25, 0.3) is 5.91 Å². The van der Waals surface area contributed by atoms with Gasteiger partial charge in [-0.2, -0.15) is 0 Å². The van der Waals surface area contributed by atoms with E-state index in [-0.39, 0.29) is 24.8 Å². The van der Waals surface area contributed by atoms with Crippen LogP contribution in [0.4, 0.5) is 5.69 Å². The van der Waals surface area contributed by atoms with Crippen molar-refractivity contribution in [3.8, 4) is 0 Å². The Labute approximate surface area is 148 Å².